The van der Waals surface area contributed by atoms with E-state index in [0.29, 0.717) is 0 Å². The molecule has 0 aliphatic carbocycles. The number of aromatic nitrogens is 1. The van der Waals surface area contributed by atoms with Crippen LogP contribution in [0.25, 0.3) is 10.9 Å². The molecule has 0 saturated carbocycles. The van der Waals surface area contributed by atoms with Crippen molar-refractivity contribution in [2.75, 3.05) is 23.7 Å². The lowest BCUT2D eigenvalue weighted by atomic mass is 10.1. The second-order valence-electron chi connectivity index (χ2n) is 4.62. The van der Waals surface area contributed by atoms with Crippen molar-refractivity contribution in [1.82, 2.24) is 4.98 Å². The molecule has 1 fully saturated rings. The van der Waals surface area contributed by atoms with Crippen LogP contribution in [0.3, 0.4) is 0 Å². The molecule has 0 spiro atoms. The van der Waals surface area contributed by atoms with Gasteiger partial charge in [0, 0.05) is 18.5 Å². The Bertz CT molecular complexity index is 530. The topological polar surface area (TPSA) is 42.1 Å². The quantitative estimate of drug-likeness (QED) is 0.814. The van der Waals surface area contributed by atoms with Gasteiger partial charge in [-0.3, -0.25) is 4.98 Å². The van der Waals surface area contributed by atoms with Gasteiger partial charge in [-0.2, -0.15) is 0 Å². The number of para-hydroxylation sites is 1. The molecule has 1 saturated heterocycles. The second-order valence-corrected chi connectivity index (χ2v) is 4.62. The molecule has 17 heavy (non-hydrogen) atoms. The monoisotopic (exact) mass is 227 g/mol. The Kier molecular flexibility index (Phi) is 2.59. The van der Waals surface area contributed by atoms with Crippen LogP contribution in [0.15, 0.2) is 30.5 Å². The summed E-state index contributed by atoms with van der Waals surface area (Å²) in [4.78, 5) is 6.85. The molecule has 3 rings (SSSR count). The maximum absolute atomic E-state index is 6.27. The van der Waals surface area contributed by atoms with Crippen molar-refractivity contribution >= 4 is 22.3 Å². The molecule has 3 heteroatoms. The van der Waals surface area contributed by atoms with Gasteiger partial charge >= 0.3 is 0 Å². The van der Waals surface area contributed by atoms with E-state index in [1.807, 2.05) is 30.5 Å². The van der Waals surface area contributed by atoms with Gasteiger partial charge in [-0.1, -0.05) is 18.2 Å². The van der Waals surface area contributed by atoms with Crippen molar-refractivity contribution < 1.29 is 0 Å². The summed E-state index contributed by atoms with van der Waals surface area (Å²) < 4.78 is 0. The average Bonchev–Trinajstić information content (AvgIpc) is 2.40. The molecular formula is C14H17N3. The van der Waals surface area contributed by atoms with E-state index in [1.54, 1.807) is 0 Å². The zero-order valence-corrected chi connectivity index (χ0v) is 9.89. The molecular weight excluding hydrogens is 210 g/mol. The van der Waals surface area contributed by atoms with Gasteiger partial charge in [-0.25, -0.2) is 0 Å². The Morgan fingerprint density at radius 3 is 2.65 bits per heavy atom. The number of hydrogen-bond acceptors (Lipinski definition) is 3. The van der Waals surface area contributed by atoms with E-state index in [2.05, 4.69) is 9.88 Å². The van der Waals surface area contributed by atoms with Crippen LogP contribution >= 0.6 is 0 Å². The maximum Gasteiger partial charge on any atom is 0.0793 e. The van der Waals surface area contributed by atoms with Gasteiger partial charge in [0.15, 0.2) is 0 Å². The minimum atomic E-state index is 0.873. The van der Waals surface area contributed by atoms with E-state index in [9.17, 15) is 0 Å². The molecule has 0 atom stereocenters. The minimum Gasteiger partial charge on any atom is -0.396 e. The smallest absolute Gasteiger partial charge is 0.0793 e. The van der Waals surface area contributed by atoms with Crippen LogP contribution in [0, 0.1) is 0 Å². The van der Waals surface area contributed by atoms with Crippen molar-refractivity contribution in [3.8, 4) is 0 Å². The molecule has 0 bridgehead atoms. The molecule has 2 aromatic rings. The number of fused-ring (bicyclic) bond motifs is 1. The van der Waals surface area contributed by atoms with Gasteiger partial charge in [0.1, 0.15) is 0 Å². The van der Waals surface area contributed by atoms with Gasteiger partial charge < -0.3 is 10.6 Å². The largest absolute Gasteiger partial charge is 0.396 e. The first-order chi connectivity index (χ1) is 8.36. The summed E-state index contributed by atoms with van der Waals surface area (Å²) >= 11 is 0. The molecule has 0 unspecified atom stereocenters. The standard InChI is InChI=1S/C14H17N3/c15-14-11-6-2-3-7-12(11)16-10-13(14)17-8-4-1-5-9-17/h2-3,6-7,10H,1,4-5,8-9H2,(H2,15,16). The first-order valence-corrected chi connectivity index (χ1v) is 6.24. The van der Waals surface area contributed by atoms with Crippen LogP contribution < -0.4 is 10.6 Å². The number of nitrogen functional groups attached to an aromatic ring is 1. The molecule has 0 amide bonds. The van der Waals surface area contributed by atoms with E-state index >= 15 is 0 Å². The van der Waals surface area contributed by atoms with Crippen LogP contribution in [-0.2, 0) is 0 Å². The molecule has 3 nitrogen and oxygen atoms in total. The fraction of sp³-hybridized carbons (Fsp3) is 0.357. The normalized spacial score (nSPS) is 16.4. The minimum absolute atomic E-state index is 0.873. The third kappa shape index (κ3) is 1.82. The van der Waals surface area contributed by atoms with Crippen LogP contribution in [0.1, 0.15) is 19.3 Å². The molecule has 2 N–H and O–H groups in total. The number of nitrogens with zero attached hydrogens (tertiary/aromatic N) is 2. The third-order valence-corrected chi connectivity index (χ3v) is 3.49. The highest BCUT2D eigenvalue weighted by Crippen LogP contribution is 2.31. The summed E-state index contributed by atoms with van der Waals surface area (Å²) in [6.45, 7) is 2.20. The van der Waals surface area contributed by atoms with E-state index in [4.69, 9.17) is 5.73 Å². The summed E-state index contributed by atoms with van der Waals surface area (Å²) in [6, 6.07) is 8.06. The summed E-state index contributed by atoms with van der Waals surface area (Å²) in [5.41, 5.74) is 9.22. The highest BCUT2D eigenvalue weighted by Gasteiger charge is 2.15. The van der Waals surface area contributed by atoms with Gasteiger partial charge in [-0.15, -0.1) is 0 Å². The number of rotatable bonds is 1. The predicted molar refractivity (Wildman–Crippen MR) is 72.2 cm³/mol. The predicted octanol–water partition coefficient (Wildman–Crippen LogP) is 2.81. The molecule has 1 aliphatic heterocycles. The Hall–Kier alpha value is -1.77. The summed E-state index contributed by atoms with van der Waals surface area (Å²) in [7, 11) is 0. The highest BCUT2D eigenvalue weighted by molar-refractivity contribution is 5.96. The lowest BCUT2D eigenvalue weighted by Gasteiger charge is -2.29. The van der Waals surface area contributed by atoms with Gasteiger partial charge in [0.05, 0.1) is 23.1 Å². The van der Waals surface area contributed by atoms with E-state index in [0.717, 1.165) is 35.4 Å². The van der Waals surface area contributed by atoms with Crippen molar-refractivity contribution in [2.24, 2.45) is 0 Å². The van der Waals surface area contributed by atoms with Crippen molar-refractivity contribution in [3.05, 3.63) is 30.5 Å². The molecule has 1 aromatic carbocycles. The zero-order valence-electron chi connectivity index (χ0n) is 9.89. The Morgan fingerprint density at radius 2 is 1.82 bits per heavy atom. The Balaban J connectivity index is 2.07. The van der Waals surface area contributed by atoms with Gasteiger partial charge in [-0.05, 0) is 25.3 Å². The number of anilines is 2. The van der Waals surface area contributed by atoms with Gasteiger partial charge in [0.25, 0.3) is 0 Å². The number of piperidine rings is 1. The first-order valence-electron chi connectivity index (χ1n) is 6.24. The van der Waals surface area contributed by atoms with Crippen LogP contribution in [-0.4, -0.2) is 18.1 Å². The fourth-order valence-electron chi connectivity index (χ4n) is 2.54. The Morgan fingerprint density at radius 1 is 1.06 bits per heavy atom. The van der Waals surface area contributed by atoms with E-state index in [-0.39, 0.29) is 0 Å². The lowest BCUT2D eigenvalue weighted by molar-refractivity contribution is 0.578. The summed E-state index contributed by atoms with van der Waals surface area (Å²) in [5, 5.41) is 1.07. The number of nitrogens with two attached hydrogens (primary N) is 1. The highest BCUT2D eigenvalue weighted by atomic mass is 15.1. The summed E-state index contributed by atoms with van der Waals surface area (Å²) in [6.07, 6.45) is 5.76. The molecule has 1 aromatic heterocycles. The van der Waals surface area contributed by atoms with Crippen LogP contribution in [0.4, 0.5) is 11.4 Å². The number of benzene rings is 1. The SMILES string of the molecule is Nc1c(N2CCCCC2)cnc2ccccc12. The van der Waals surface area contributed by atoms with Crippen molar-refractivity contribution in [1.29, 1.82) is 0 Å². The third-order valence-electron chi connectivity index (χ3n) is 3.49. The Labute approximate surface area is 101 Å². The lowest BCUT2D eigenvalue weighted by Crippen LogP contribution is -2.30. The zero-order chi connectivity index (χ0) is 11.7. The van der Waals surface area contributed by atoms with Crippen LogP contribution in [0.5, 0.6) is 0 Å². The molecule has 0 radical (unpaired) electrons. The summed E-state index contributed by atoms with van der Waals surface area (Å²) in [5.74, 6) is 0. The van der Waals surface area contributed by atoms with E-state index < -0.39 is 0 Å². The molecule has 1 aliphatic rings. The maximum atomic E-state index is 6.27. The second kappa shape index (κ2) is 4.24. The van der Waals surface area contributed by atoms with Gasteiger partial charge in [0.2, 0.25) is 0 Å². The van der Waals surface area contributed by atoms with Crippen molar-refractivity contribution in [2.45, 2.75) is 19.3 Å². The first kappa shape index (κ1) is 10.4. The molecule has 88 valence electrons. The van der Waals surface area contributed by atoms with Crippen molar-refractivity contribution in [3.63, 3.8) is 0 Å². The van der Waals surface area contributed by atoms with E-state index in [1.165, 1.54) is 19.3 Å². The van der Waals surface area contributed by atoms with Crippen LogP contribution in [0.2, 0.25) is 0 Å². The number of hydrogen-bond donors (Lipinski definition) is 1. The average molecular weight is 227 g/mol. The molecule has 2 heterocycles. The fourth-order valence-corrected chi connectivity index (χ4v) is 2.54. The number of pyridine rings is 1.